The maximum Gasteiger partial charge on any atom is 0.298 e. The van der Waals surface area contributed by atoms with Crippen molar-refractivity contribution in [3.63, 3.8) is 0 Å². The monoisotopic (exact) mass is 512 g/mol. The van der Waals surface area contributed by atoms with Crippen LogP contribution in [0, 0.1) is 17.7 Å². The fourth-order valence-corrected chi connectivity index (χ4v) is 4.85. The molecule has 2 aromatic carbocycles. The second-order valence-electron chi connectivity index (χ2n) is 9.54. The lowest BCUT2D eigenvalue weighted by atomic mass is 10.1. The van der Waals surface area contributed by atoms with E-state index in [1.165, 1.54) is 7.11 Å². The van der Waals surface area contributed by atoms with Gasteiger partial charge in [-0.2, -0.15) is 4.39 Å². The van der Waals surface area contributed by atoms with Gasteiger partial charge in [-0.15, -0.1) is 0 Å². The molecule has 1 aliphatic heterocycles. The summed E-state index contributed by atoms with van der Waals surface area (Å²) in [5, 5.41) is 0. The van der Waals surface area contributed by atoms with Crippen molar-refractivity contribution in [1.29, 1.82) is 0 Å². The van der Waals surface area contributed by atoms with E-state index in [1.807, 2.05) is 24.5 Å². The van der Waals surface area contributed by atoms with Crippen LogP contribution < -0.4 is 9.47 Å². The van der Waals surface area contributed by atoms with Gasteiger partial charge in [-0.05, 0) is 61.6 Å². The summed E-state index contributed by atoms with van der Waals surface area (Å²) in [6.45, 7) is 7.16. The Hall–Kier alpha value is -4.38. The molecular formula is C30H29FN4O3. The quantitative estimate of drug-likeness (QED) is 0.306. The Labute approximate surface area is 221 Å². The van der Waals surface area contributed by atoms with E-state index in [2.05, 4.69) is 35.1 Å². The van der Waals surface area contributed by atoms with Crippen molar-refractivity contribution in [2.24, 2.45) is 0 Å². The summed E-state index contributed by atoms with van der Waals surface area (Å²) < 4.78 is 27.6. The van der Waals surface area contributed by atoms with Crippen LogP contribution in [0.5, 0.6) is 17.2 Å². The zero-order valence-corrected chi connectivity index (χ0v) is 21.9. The number of aromatic nitrogens is 3. The Morgan fingerprint density at radius 3 is 2.61 bits per heavy atom. The third kappa shape index (κ3) is 4.68. The lowest BCUT2D eigenvalue weighted by Crippen LogP contribution is -2.27. The van der Waals surface area contributed by atoms with Crippen LogP contribution in [0.1, 0.15) is 50.5 Å². The van der Waals surface area contributed by atoms with Crippen LogP contribution in [0.25, 0.3) is 16.8 Å². The Morgan fingerprint density at radius 2 is 1.89 bits per heavy atom. The largest absolute Gasteiger partial charge is 0.494 e. The number of ether oxygens (including phenoxy) is 2. The van der Waals surface area contributed by atoms with E-state index in [9.17, 15) is 9.18 Å². The maximum absolute atomic E-state index is 14.5. The number of hydrogen-bond donors (Lipinski definition) is 0. The fourth-order valence-electron chi connectivity index (χ4n) is 4.85. The van der Waals surface area contributed by atoms with Crippen LogP contribution in [0.3, 0.4) is 0 Å². The van der Waals surface area contributed by atoms with Crippen molar-refractivity contribution in [3.8, 4) is 40.3 Å². The molecule has 7 nitrogen and oxygen atoms in total. The Balaban J connectivity index is 1.51. The van der Waals surface area contributed by atoms with E-state index in [-0.39, 0.29) is 29.2 Å². The number of hydrogen-bond acceptors (Lipinski definition) is 5. The first-order chi connectivity index (χ1) is 18.4. The van der Waals surface area contributed by atoms with Crippen LogP contribution in [-0.2, 0) is 4.79 Å². The van der Waals surface area contributed by atoms with Gasteiger partial charge in [0.1, 0.15) is 11.6 Å². The molecule has 3 heterocycles. The number of methoxy groups -OCH3 is 1. The molecule has 194 valence electrons. The molecule has 0 aliphatic carbocycles. The van der Waals surface area contributed by atoms with Crippen molar-refractivity contribution in [2.45, 2.75) is 39.0 Å². The molecule has 0 N–H and O–H groups in total. The average Bonchev–Trinajstić information content (AvgIpc) is 3.56. The van der Waals surface area contributed by atoms with Crippen LogP contribution in [0.15, 0.2) is 54.9 Å². The molecule has 0 bridgehead atoms. The molecule has 0 spiro atoms. The highest BCUT2D eigenvalue weighted by atomic mass is 19.1. The highest BCUT2D eigenvalue weighted by molar-refractivity contribution is 5.93. The zero-order valence-electron chi connectivity index (χ0n) is 21.9. The topological polar surface area (TPSA) is 69.0 Å². The first kappa shape index (κ1) is 25.3. The molecule has 0 saturated carbocycles. The van der Waals surface area contributed by atoms with Gasteiger partial charge in [0.25, 0.3) is 5.91 Å². The van der Waals surface area contributed by atoms with Gasteiger partial charge < -0.3 is 14.4 Å². The number of nitrogens with zero attached hydrogens (tertiary/aromatic N) is 4. The van der Waals surface area contributed by atoms with Gasteiger partial charge in [-0.3, -0.25) is 14.2 Å². The summed E-state index contributed by atoms with van der Waals surface area (Å²) in [5.74, 6) is 6.58. The van der Waals surface area contributed by atoms with Gasteiger partial charge in [0.2, 0.25) is 5.82 Å². The lowest BCUT2D eigenvalue weighted by molar-refractivity contribution is -0.124. The lowest BCUT2D eigenvalue weighted by Gasteiger charge is -2.15. The fraction of sp³-hybridized carbons (Fsp3) is 0.300. The second-order valence-corrected chi connectivity index (χ2v) is 9.54. The normalized spacial score (nSPS) is 15.0. The van der Waals surface area contributed by atoms with Crippen LogP contribution in [0.4, 0.5) is 4.39 Å². The molecular weight excluding hydrogens is 483 g/mol. The summed E-state index contributed by atoms with van der Waals surface area (Å²) >= 11 is 0. The van der Waals surface area contributed by atoms with E-state index in [0.29, 0.717) is 18.8 Å². The molecule has 5 rings (SSSR count). The maximum atomic E-state index is 14.5. The number of imidazole rings is 1. The molecule has 1 aliphatic rings. The highest BCUT2D eigenvalue weighted by Crippen LogP contribution is 2.36. The molecule has 1 amide bonds. The van der Waals surface area contributed by atoms with Gasteiger partial charge in [0.15, 0.2) is 11.5 Å². The van der Waals surface area contributed by atoms with Gasteiger partial charge in [0.05, 0.1) is 24.5 Å². The van der Waals surface area contributed by atoms with Gasteiger partial charge in [-0.25, -0.2) is 4.98 Å². The molecule has 0 radical (unpaired) electrons. The number of benzene rings is 2. The van der Waals surface area contributed by atoms with Crippen molar-refractivity contribution in [1.82, 2.24) is 19.3 Å². The molecule has 38 heavy (non-hydrogen) atoms. The number of likely N-dealkylation sites (tertiary alicyclic amines) is 1. The minimum absolute atomic E-state index is 0.0809. The first-order valence-electron chi connectivity index (χ1n) is 12.6. The number of halogens is 1. The molecule has 1 atom stereocenters. The minimum Gasteiger partial charge on any atom is -0.494 e. The summed E-state index contributed by atoms with van der Waals surface area (Å²) in [4.78, 5) is 23.8. The molecule has 8 heteroatoms. The predicted octanol–water partition coefficient (Wildman–Crippen LogP) is 5.80. The van der Waals surface area contributed by atoms with E-state index in [0.717, 1.165) is 34.7 Å². The first-order valence-corrected chi connectivity index (χ1v) is 12.6. The third-order valence-corrected chi connectivity index (χ3v) is 6.77. The Morgan fingerprint density at radius 1 is 1.13 bits per heavy atom. The Kier molecular flexibility index (Phi) is 7.01. The van der Waals surface area contributed by atoms with Crippen LogP contribution >= 0.6 is 0 Å². The molecule has 1 unspecified atom stereocenters. The number of carbonyl (C=O) groups is 1. The number of fused-ring (bicyclic) bond motifs is 1. The molecule has 1 fully saturated rings. The van der Waals surface area contributed by atoms with Crippen molar-refractivity contribution < 1.29 is 18.7 Å². The zero-order chi connectivity index (χ0) is 26.8. The standard InChI is InChI=1S/C30H29FN4O3/c1-5-7-27(36)34-15-14-21(18-34)30-33-29(24-17-32-16-23(19(2)3)35(24)30)20-10-12-22(13-11-20)38-26-9-6-8-25(37-4)28(26)31/h6,8-13,16-17,19,21H,14-15,18H2,1-4H3. The summed E-state index contributed by atoms with van der Waals surface area (Å²) in [6.07, 6.45) is 4.52. The van der Waals surface area contributed by atoms with Gasteiger partial charge in [0, 0.05) is 36.5 Å². The van der Waals surface area contributed by atoms with E-state index < -0.39 is 5.82 Å². The average molecular weight is 513 g/mol. The Bertz CT molecular complexity index is 1550. The van der Waals surface area contributed by atoms with E-state index >= 15 is 0 Å². The summed E-state index contributed by atoms with van der Waals surface area (Å²) in [5.41, 5.74) is 3.64. The second kappa shape index (κ2) is 10.5. The third-order valence-electron chi connectivity index (χ3n) is 6.77. The van der Waals surface area contributed by atoms with E-state index in [4.69, 9.17) is 14.5 Å². The van der Waals surface area contributed by atoms with Crippen molar-refractivity contribution >= 4 is 11.4 Å². The summed E-state index contributed by atoms with van der Waals surface area (Å²) in [7, 11) is 1.42. The summed E-state index contributed by atoms with van der Waals surface area (Å²) in [6, 6.07) is 12.2. The van der Waals surface area contributed by atoms with Crippen LogP contribution in [-0.4, -0.2) is 45.4 Å². The minimum atomic E-state index is -0.551. The molecule has 2 aromatic heterocycles. The number of amides is 1. The van der Waals surface area contributed by atoms with Crippen LogP contribution in [0.2, 0.25) is 0 Å². The number of carbonyl (C=O) groups excluding carboxylic acids is 1. The van der Waals surface area contributed by atoms with Gasteiger partial charge in [-0.1, -0.05) is 25.8 Å². The predicted molar refractivity (Wildman–Crippen MR) is 143 cm³/mol. The highest BCUT2D eigenvalue weighted by Gasteiger charge is 2.31. The molecule has 1 saturated heterocycles. The SMILES string of the molecule is CC#CC(=O)N1CCC(c2nc(-c3ccc(Oc4cccc(OC)c4F)cc3)c3cncc(C(C)C)n23)C1. The van der Waals surface area contributed by atoms with Crippen molar-refractivity contribution in [3.05, 3.63) is 72.2 Å². The van der Waals surface area contributed by atoms with E-state index in [1.54, 1.807) is 42.2 Å². The molecule has 4 aromatic rings. The van der Waals surface area contributed by atoms with Crippen molar-refractivity contribution in [2.75, 3.05) is 20.2 Å². The smallest absolute Gasteiger partial charge is 0.298 e. The van der Waals surface area contributed by atoms with Gasteiger partial charge >= 0.3 is 0 Å². The number of rotatable bonds is 6.